The van der Waals surface area contributed by atoms with Crippen molar-refractivity contribution in [1.29, 1.82) is 0 Å². The van der Waals surface area contributed by atoms with Crippen molar-refractivity contribution in [2.24, 2.45) is 0 Å². The van der Waals surface area contributed by atoms with Crippen LogP contribution in [0.15, 0.2) is 29.1 Å². The van der Waals surface area contributed by atoms with Crippen LogP contribution in [0.3, 0.4) is 0 Å². The number of thiazole rings is 1. The summed E-state index contributed by atoms with van der Waals surface area (Å²) >= 11 is 0.924. The first-order chi connectivity index (χ1) is 8.08. The minimum atomic E-state index is -0.250. The smallest absolute Gasteiger partial charge is 0.305 e. The van der Waals surface area contributed by atoms with Crippen molar-refractivity contribution >= 4 is 22.9 Å². The van der Waals surface area contributed by atoms with Gasteiger partial charge in [0, 0.05) is 11.4 Å². The first kappa shape index (κ1) is 11.6. The van der Waals surface area contributed by atoms with Crippen LogP contribution in [0, 0.1) is 13.8 Å². The molecule has 1 aromatic heterocycles. The van der Waals surface area contributed by atoms with Crippen LogP contribution >= 0.6 is 11.3 Å². The zero-order chi connectivity index (χ0) is 12.4. The number of anilines is 1. The number of H-pyrrole nitrogens is 1. The van der Waals surface area contributed by atoms with Gasteiger partial charge in [0.15, 0.2) is 0 Å². The maximum atomic E-state index is 11.9. The molecule has 0 saturated carbocycles. The van der Waals surface area contributed by atoms with E-state index >= 15 is 0 Å². The molecule has 0 saturated heterocycles. The predicted octanol–water partition coefficient (Wildman–Crippen LogP) is 2.31. The Morgan fingerprint density at radius 1 is 1.29 bits per heavy atom. The van der Waals surface area contributed by atoms with E-state index in [4.69, 9.17) is 0 Å². The lowest BCUT2D eigenvalue weighted by molar-refractivity contribution is 0.102. The van der Waals surface area contributed by atoms with Crippen molar-refractivity contribution in [3.8, 4) is 0 Å². The fraction of sp³-hybridized carbons (Fsp3) is 0.167. The summed E-state index contributed by atoms with van der Waals surface area (Å²) < 4.78 is 0. The van der Waals surface area contributed by atoms with E-state index in [9.17, 15) is 9.59 Å². The highest BCUT2D eigenvalue weighted by Crippen LogP contribution is 2.16. The van der Waals surface area contributed by atoms with Crippen LogP contribution in [0.2, 0.25) is 0 Å². The number of amides is 1. The van der Waals surface area contributed by atoms with Crippen LogP contribution in [0.1, 0.15) is 20.9 Å². The number of hydrogen-bond donors (Lipinski definition) is 2. The molecular weight excluding hydrogens is 236 g/mol. The van der Waals surface area contributed by atoms with Crippen LogP contribution in [-0.2, 0) is 0 Å². The quantitative estimate of drug-likeness (QED) is 0.856. The number of nitrogens with one attached hydrogen (secondary N) is 2. The molecule has 5 heteroatoms. The minimum Gasteiger partial charge on any atom is -0.321 e. The Bertz CT molecular complexity index is 613. The summed E-state index contributed by atoms with van der Waals surface area (Å²) in [5, 5.41) is 2.79. The molecule has 17 heavy (non-hydrogen) atoms. The molecule has 0 atom stereocenters. The number of aryl methyl sites for hydroxylation is 2. The Morgan fingerprint density at radius 3 is 2.59 bits per heavy atom. The van der Waals surface area contributed by atoms with Crippen LogP contribution in [-0.4, -0.2) is 10.9 Å². The van der Waals surface area contributed by atoms with Gasteiger partial charge in [0.25, 0.3) is 5.91 Å². The highest BCUT2D eigenvalue weighted by molar-refractivity contribution is 7.11. The molecule has 4 nitrogen and oxygen atoms in total. The number of para-hydroxylation sites is 1. The number of benzene rings is 1. The molecular formula is C12H12N2O2S. The van der Waals surface area contributed by atoms with Gasteiger partial charge in [-0.25, -0.2) is 0 Å². The number of aromatic amines is 1. The molecule has 0 aliphatic heterocycles. The number of carbonyl (C=O) groups is 1. The molecule has 2 N–H and O–H groups in total. The average Bonchev–Trinajstić information content (AvgIpc) is 2.61. The summed E-state index contributed by atoms with van der Waals surface area (Å²) in [6, 6.07) is 7.51. The lowest BCUT2D eigenvalue weighted by Gasteiger charge is -2.06. The highest BCUT2D eigenvalue weighted by atomic mass is 32.1. The van der Waals surface area contributed by atoms with Crippen LogP contribution in [0.5, 0.6) is 0 Å². The zero-order valence-electron chi connectivity index (χ0n) is 9.53. The molecule has 1 heterocycles. The first-order valence-corrected chi connectivity index (χ1v) is 5.96. The van der Waals surface area contributed by atoms with E-state index in [0.717, 1.165) is 22.6 Å². The van der Waals surface area contributed by atoms with E-state index in [1.807, 2.05) is 31.2 Å². The first-order valence-electron chi connectivity index (χ1n) is 5.14. The van der Waals surface area contributed by atoms with Gasteiger partial charge < -0.3 is 10.3 Å². The molecule has 2 aromatic rings. The molecule has 0 spiro atoms. The molecule has 2 rings (SSSR count). The molecule has 1 amide bonds. The van der Waals surface area contributed by atoms with Crippen LogP contribution in [0.25, 0.3) is 0 Å². The third-order valence-electron chi connectivity index (χ3n) is 2.42. The topological polar surface area (TPSA) is 62.0 Å². The van der Waals surface area contributed by atoms with Crippen molar-refractivity contribution in [3.05, 3.63) is 50.1 Å². The molecule has 1 aromatic carbocycles. The molecule has 0 radical (unpaired) electrons. The molecule has 0 unspecified atom stereocenters. The Kier molecular flexibility index (Phi) is 3.10. The van der Waals surface area contributed by atoms with Crippen molar-refractivity contribution in [1.82, 2.24) is 4.98 Å². The third-order valence-corrected chi connectivity index (χ3v) is 3.41. The Balaban J connectivity index is 2.26. The monoisotopic (exact) mass is 248 g/mol. The van der Waals surface area contributed by atoms with E-state index in [2.05, 4.69) is 10.3 Å². The Hall–Kier alpha value is -1.88. The van der Waals surface area contributed by atoms with E-state index in [0.29, 0.717) is 10.6 Å². The van der Waals surface area contributed by atoms with E-state index < -0.39 is 0 Å². The molecule has 88 valence electrons. The second-order valence-electron chi connectivity index (χ2n) is 3.74. The largest absolute Gasteiger partial charge is 0.321 e. The fourth-order valence-corrected chi connectivity index (χ4v) is 2.25. The van der Waals surface area contributed by atoms with Gasteiger partial charge in [-0.3, -0.25) is 9.59 Å². The minimum absolute atomic E-state index is 0.211. The second kappa shape index (κ2) is 4.55. The summed E-state index contributed by atoms with van der Waals surface area (Å²) in [4.78, 5) is 25.9. The summed E-state index contributed by atoms with van der Waals surface area (Å²) in [7, 11) is 0. The normalized spacial score (nSPS) is 10.2. The number of hydrogen-bond acceptors (Lipinski definition) is 3. The SMILES string of the molecule is Cc1ccccc1NC(=O)c1sc(=O)[nH]c1C. The molecule has 0 aliphatic rings. The van der Waals surface area contributed by atoms with Gasteiger partial charge in [0.05, 0.1) is 0 Å². The van der Waals surface area contributed by atoms with Crippen LogP contribution < -0.4 is 10.2 Å². The second-order valence-corrected chi connectivity index (χ2v) is 4.72. The Labute approximate surface area is 102 Å². The van der Waals surface area contributed by atoms with E-state index in [1.54, 1.807) is 6.92 Å². The van der Waals surface area contributed by atoms with Crippen molar-refractivity contribution < 1.29 is 4.79 Å². The summed E-state index contributed by atoms with van der Waals surface area (Å²) in [5.41, 5.74) is 2.35. The molecule has 0 bridgehead atoms. The lowest BCUT2D eigenvalue weighted by Crippen LogP contribution is -2.12. The maximum Gasteiger partial charge on any atom is 0.305 e. The summed E-state index contributed by atoms with van der Waals surface area (Å²) in [5.74, 6) is -0.250. The highest BCUT2D eigenvalue weighted by Gasteiger charge is 2.13. The fourth-order valence-electron chi connectivity index (χ4n) is 1.51. The number of aromatic nitrogens is 1. The van der Waals surface area contributed by atoms with Crippen molar-refractivity contribution in [3.63, 3.8) is 0 Å². The zero-order valence-corrected chi connectivity index (χ0v) is 10.4. The van der Waals surface area contributed by atoms with Gasteiger partial charge in [-0.1, -0.05) is 29.5 Å². The van der Waals surface area contributed by atoms with Crippen LogP contribution in [0.4, 0.5) is 5.69 Å². The standard InChI is InChI=1S/C12H12N2O2S/c1-7-5-3-4-6-9(7)14-11(15)10-8(2)13-12(16)17-10/h3-6H,1-2H3,(H,13,16)(H,14,15). The summed E-state index contributed by atoms with van der Waals surface area (Å²) in [6.45, 7) is 3.63. The van der Waals surface area contributed by atoms with Gasteiger partial charge >= 0.3 is 4.87 Å². The van der Waals surface area contributed by atoms with Gasteiger partial charge in [-0.05, 0) is 25.5 Å². The average molecular weight is 248 g/mol. The van der Waals surface area contributed by atoms with E-state index in [1.165, 1.54) is 0 Å². The van der Waals surface area contributed by atoms with Gasteiger partial charge in [-0.2, -0.15) is 0 Å². The number of carbonyl (C=O) groups excluding carboxylic acids is 1. The van der Waals surface area contributed by atoms with Gasteiger partial charge in [0.2, 0.25) is 0 Å². The lowest BCUT2D eigenvalue weighted by atomic mass is 10.2. The van der Waals surface area contributed by atoms with Crippen molar-refractivity contribution in [2.75, 3.05) is 5.32 Å². The maximum absolute atomic E-state index is 11.9. The molecule has 0 aliphatic carbocycles. The predicted molar refractivity (Wildman–Crippen MR) is 68.8 cm³/mol. The van der Waals surface area contributed by atoms with Gasteiger partial charge in [-0.15, -0.1) is 0 Å². The van der Waals surface area contributed by atoms with E-state index in [-0.39, 0.29) is 10.8 Å². The van der Waals surface area contributed by atoms with Crippen molar-refractivity contribution in [2.45, 2.75) is 13.8 Å². The Morgan fingerprint density at radius 2 is 2.00 bits per heavy atom. The molecule has 0 fully saturated rings. The van der Waals surface area contributed by atoms with Gasteiger partial charge in [0.1, 0.15) is 4.88 Å². The number of rotatable bonds is 2. The third kappa shape index (κ3) is 2.45. The summed E-state index contributed by atoms with van der Waals surface area (Å²) in [6.07, 6.45) is 0.